The van der Waals surface area contributed by atoms with Crippen molar-refractivity contribution in [2.45, 2.75) is 31.2 Å². The molecule has 0 aliphatic heterocycles. The van der Waals surface area contributed by atoms with E-state index in [-0.39, 0.29) is 16.1 Å². The van der Waals surface area contributed by atoms with E-state index in [0.29, 0.717) is 11.4 Å². The molecule has 3 N–H and O–H groups in total. The number of rotatable bonds is 6. The van der Waals surface area contributed by atoms with Crippen molar-refractivity contribution in [2.75, 3.05) is 4.72 Å². The van der Waals surface area contributed by atoms with Crippen molar-refractivity contribution in [3.8, 4) is 0 Å². The zero-order valence-electron chi connectivity index (χ0n) is 11.6. The summed E-state index contributed by atoms with van der Waals surface area (Å²) in [4.78, 5) is 0.0502. The largest absolute Gasteiger partial charge is 0.452 e. The third kappa shape index (κ3) is 3.66. The van der Waals surface area contributed by atoms with Gasteiger partial charge in [-0.1, -0.05) is 31.5 Å². The minimum absolute atomic E-state index is 0.0502. The van der Waals surface area contributed by atoms with Crippen LogP contribution in [0.1, 0.15) is 24.7 Å². The number of nitrogens with one attached hydrogen (secondary N) is 1. The van der Waals surface area contributed by atoms with Gasteiger partial charge in [-0.2, -0.15) is 0 Å². The Bertz CT molecular complexity index is 726. The van der Waals surface area contributed by atoms with Crippen LogP contribution in [0.4, 0.5) is 5.69 Å². The standard InChI is InChI=1S/C14H17BrN2O3S/c1-2-5-10-6-3-4-7-12(10)17-21(18,19)13-8-11(9-16)20-14(13)15/h3-4,6-8,17H,2,5,9,16H2,1H3. The molecule has 0 bridgehead atoms. The van der Waals surface area contributed by atoms with Crippen LogP contribution in [0.2, 0.25) is 0 Å². The second-order valence-electron chi connectivity index (χ2n) is 4.57. The Kier molecular flexibility index (Phi) is 5.08. The van der Waals surface area contributed by atoms with Gasteiger partial charge in [0, 0.05) is 6.07 Å². The molecule has 2 aromatic rings. The summed E-state index contributed by atoms with van der Waals surface area (Å²) < 4.78 is 32.9. The Morgan fingerprint density at radius 2 is 2.05 bits per heavy atom. The first-order valence-electron chi connectivity index (χ1n) is 6.57. The molecule has 0 unspecified atom stereocenters. The number of furan rings is 1. The van der Waals surface area contributed by atoms with Gasteiger partial charge in [0.25, 0.3) is 10.0 Å². The highest BCUT2D eigenvalue weighted by Crippen LogP contribution is 2.28. The third-order valence-electron chi connectivity index (χ3n) is 2.98. The van der Waals surface area contributed by atoms with E-state index < -0.39 is 10.0 Å². The zero-order chi connectivity index (χ0) is 15.5. The Morgan fingerprint density at radius 1 is 1.33 bits per heavy atom. The molecular formula is C14H17BrN2O3S. The van der Waals surface area contributed by atoms with Crippen LogP contribution in [-0.2, 0) is 23.0 Å². The molecule has 0 radical (unpaired) electrons. The molecule has 0 fully saturated rings. The smallest absolute Gasteiger partial charge is 0.266 e. The van der Waals surface area contributed by atoms with Gasteiger partial charge in [0.15, 0.2) is 4.67 Å². The quantitative estimate of drug-likeness (QED) is 0.814. The molecule has 0 saturated heterocycles. The van der Waals surface area contributed by atoms with Crippen molar-refractivity contribution in [3.05, 3.63) is 46.3 Å². The number of aryl methyl sites for hydroxylation is 1. The van der Waals surface area contributed by atoms with Crippen molar-refractivity contribution < 1.29 is 12.8 Å². The van der Waals surface area contributed by atoms with Crippen LogP contribution < -0.4 is 10.5 Å². The first kappa shape index (κ1) is 16.1. The number of anilines is 1. The summed E-state index contributed by atoms with van der Waals surface area (Å²) in [5.74, 6) is 0.407. The Labute approximate surface area is 132 Å². The molecule has 114 valence electrons. The number of halogens is 1. The van der Waals surface area contributed by atoms with Gasteiger partial charge in [-0.25, -0.2) is 8.42 Å². The molecule has 0 amide bonds. The van der Waals surface area contributed by atoms with E-state index >= 15 is 0 Å². The predicted molar refractivity (Wildman–Crippen MR) is 85.5 cm³/mol. The van der Waals surface area contributed by atoms with Crippen molar-refractivity contribution in [3.63, 3.8) is 0 Å². The topological polar surface area (TPSA) is 85.3 Å². The molecule has 2 rings (SSSR count). The van der Waals surface area contributed by atoms with E-state index in [4.69, 9.17) is 10.2 Å². The van der Waals surface area contributed by atoms with E-state index in [1.165, 1.54) is 6.07 Å². The number of para-hydroxylation sites is 1. The van der Waals surface area contributed by atoms with Gasteiger partial charge < -0.3 is 10.2 Å². The average Bonchev–Trinajstić information content (AvgIpc) is 2.83. The number of hydrogen-bond donors (Lipinski definition) is 2. The zero-order valence-corrected chi connectivity index (χ0v) is 14.0. The fraction of sp³-hybridized carbons (Fsp3) is 0.286. The molecule has 0 atom stereocenters. The fourth-order valence-electron chi connectivity index (χ4n) is 1.99. The van der Waals surface area contributed by atoms with E-state index in [9.17, 15) is 8.42 Å². The second kappa shape index (κ2) is 6.64. The lowest BCUT2D eigenvalue weighted by Crippen LogP contribution is -2.14. The third-order valence-corrected chi connectivity index (χ3v) is 5.20. The fourth-order valence-corrected chi connectivity index (χ4v) is 4.09. The normalized spacial score (nSPS) is 11.6. The molecule has 21 heavy (non-hydrogen) atoms. The number of hydrogen-bond acceptors (Lipinski definition) is 4. The summed E-state index contributed by atoms with van der Waals surface area (Å²) in [6.07, 6.45) is 1.74. The van der Waals surface area contributed by atoms with Crippen LogP contribution in [0.25, 0.3) is 0 Å². The van der Waals surface area contributed by atoms with E-state index in [0.717, 1.165) is 18.4 Å². The molecular weight excluding hydrogens is 356 g/mol. The maximum Gasteiger partial charge on any atom is 0.266 e. The van der Waals surface area contributed by atoms with Gasteiger partial charge in [0.2, 0.25) is 0 Å². The highest BCUT2D eigenvalue weighted by molar-refractivity contribution is 9.10. The molecule has 5 nitrogen and oxygen atoms in total. The molecule has 0 spiro atoms. The number of benzene rings is 1. The summed E-state index contributed by atoms with van der Waals surface area (Å²) in [6.45, 7) is 2.19. The molecule has 1 heterocycles. The molecule has 0 saturated carbocycles. The Morgan fingerprint density at radius 3 is 2.67 bits per heavy atom. The van der Waals surface area contributed by atoms with Gasteiger partial charge in [0.05, 0.1) is 12.2 Å². The summed E-state index contributed by atoms with van der Waals surface area (Å²) in [6, 6.07) is 8.78. The van der Waals surface area contributed by atoms with E-state index in [1.807, 2.05) is 19.1 Å². The summed E-state index contributed by atoms with van der Waals surface area (Å²) in [7, 11) is -3.72. The van der Waals surface area contributed by atoms with Crippen LogP contribution in [0.15, 0.2) is 44.3 Å². The van der Waals surface area contributed by atoms with Crippen LogP contribution in [-0.4, -0.2) is 8.42 Å². The van der Waals surface area contributed by atoms with Crippen molar-refractivity contribution in [1.82, 2.24) is 0 Å². The van der Waals surface area contributed by atoms with Gasteiger partial charge in [-0.15, -0.1) is 0 Å². The molecule has 7 heteroatoms. The van der Waals surface area contributed by atoms with Crippen LogP contribution in [0.5, 0.6) is 0 Å². The van der Waals surface area contributed by atoms with Crippen LogP contribution in [0, 0.1) is 0 Å². The minimum Gasteiger partial charge on any atom is -0.452 e. The summed E-state index contributed by atoms with van der Waals surface area (Å²) in [5.41, 5.74) is 7.01. The minimum atomic E-state index is -3.72. The van der Waals surface area contributed by atoms with Gasteiger partial charge in [0.1, 0.15) is 10.7 Å². The first-order chi connectivity index (χ1) is 9.97. The maximum atomic E-state index is 12.5. The highest BCUT2D eigenvalue weighted by atomic mass is 79.9. The lowest BCUT2D eigenvalue weighted by atomic mass is 10.1. The van der Waals surface area contributed by atoms with Gasteiger partial charge in [-0.3, -0.25) is 4.72 Å². The monoisotopic (exact) mass is 372 g/mol. The Hall–Kier alpha value is -1.31. The van der Waals surface area contributed by atoms with Gasteiger partial charge in [-0.05, 0) is 34.0 Å². The van der Waals surface area contributed by atoms with E-state index in [1.54, 1.807) is 12.1 Å². The van der Waals surface area contributed by atoms with Crippen LogP contribution in [0.3, 0.4) is 0 Å². The first-order valence-corrected chi connectivity index (χ1v) is 8.84. The molecule has 0 aliphatic carbocycles. The molecule has 1 aromatic heterocycles. The second-order valence-corrected chi connectivity index (χ2v) is 6.94. The molecule has 0 aliphatic rings. The van der Waals surface area contributed by atoms with E-state index in [2.05, 4.69) is 20.7 Å². The Balaban J connectivity index is 2.35. The average molecular weight is 373 g/mol. The summed E-state index contributed by atoms with van der Waals surface area (Å²) >= 11 is 3.11. The van der Waals surface area contributed by atoms with Crippen molar-refractivity contribution >= 4 is 31.6 Å². The molecule has 1 aromatic carbocycles. The lowest BCUT2D eigenvalue weighted by Gasteiger charge is -2.11. The van der Waals surface area contributed by atoms with Crippen LogP contribution >= 0.6 is 15.9 Å². The number of sulfonamides is 1. The predicted octanol–water partition coefficient (Wildman–Crippen LogP) is 3.25. The lowest BCUT2D eigenvalue weighted by molar-refractivity contribution is 0.484. The number of nitrogens with two attached hydrogens (primary N) is 1. The van der Waals surface area contributed by atoms with Gasteiger partial charge >= 0.3 is 0 Å². The summed E-state index contributed by atoms with van der Waals surface area (Å²) in [5, 5.41) is 0. The maximum absolute atomic E-state index is 12.5. The SMILES string of the molecule is CCCc1ccccc1NS(=O)(=O)c1cc(CN)oc1Br. The van der Waals surface area contributed by atoms with Crippen molar-refractivity contribution in [2.24, 2.45) is 5.73 Å². The van der Waals surface area contributed by atoms with Crippen molar-refractivity contribution in [1.29, 1.82) is 0 Å². The highest BCUT2D eigenvalue weighted by Gasteiger charge is 2.23.